The zero-order valence-electron chi connectivity index (χ0n) is 6.67. The van der Waals surface area contributed by atoms with Crippen LogP contribution in [0.4, 0.5) is 0 Å². The molecule has 0 atom stereocenters. The summed E-state index contributed by atoms with van der Waals surface area (Å²) in [5.41, 5.74) is 6.36. The maximum absolute atomic E-state index is 11.1. The van der Waals surface area contributed by atoms with Gasteiger partial charge in [-0.25, -0.2) is 4.98 Å². The molecule has 1 aliphatic rings. The van der Waals surface area contributed by atoms with Crippen LogP contribution in [0.15, 0.2) is 0 Å². The molecule has 0 spiro atoms. The lowest BCUT2D eigenvalue weighted by molar-refractivity contribution is 0.100. The summed E-state index contributed by atoms with van der Waals surface area (Å²) < 4.78 is 0. The van der Waals surface area contributed by atoms with Crippen molar-refractivity contribution in [2.24, 2.45) is 5.73 Å². The number of nitrogens with two attached hydrogens (primary N) is 1. The average molecular weight is 182 g/mol. The molecule has 0 bridgehead atoms. The number of rotatable bonds is 2. The smallest absolute Gasteiger partial charge is 0.204 e. The number of hydrogen-bond donors (Lipinski definition) is 1. The van der Waals surface area contributed by atoms with Crippen LogP contribution >= 0.6 is 11.3 Å². The van der Waals surface area contributed by atoms with Gasteiger partial charge in [0.1, 0.15) is 0 Å². The lowest BCUT2D eigenvalue weighted by Crippen LogP contribution is -2.13. The Kier molecular flexibility index (Phi) is 1.94. The van der Waals surface area contributed by atoms with Gasteiger partial charge in [0, 0.05) is 4.88 Å². The Morgan fingerprint density at radius 1 is 1.58 bits per heavy atom. The van der Waals surface area contributed by atoms with E-state index in [0.29, 0.717) is 5.01 Å². The third kappa shape index (κ3) is 1.17. The minimum atomic E-state index is -0.0330. The highest BCUT2D eigenvalue weighted by Gasteiger charge is 2.19. The number of ketones is 1. The van der Waals surface area contributed by atoms with E-state index in [-0.39, 0.29) is 12.3 Å². The number of fused-ring (bicyclic) bond motifs is 1. The molecule has 0 unspecified atom stereocenters. The molecule has 3 nitrogen and oxygen atoms in total. The van der Waals surface area contributed by atoms with Crippen molar-refractivity contribution in [3.05, 3.63) is 15.6 Å². The minimum absolute atomic E-state index is 0.0330. The Morgan fingerprint density at radius 2 is 2.42 bits per heavy atom. The Balaban J connectivity index is 2.31. The van der Waals surface area contributed by atoms with Gasteiger partial charge in [0.05, 0.1) is 12.2 Å². The van der Waals surface area contributed by atoms with Gasteiger partial charge >= 0.3 is 0 Å². The van der Waals surface area contributed by atoms with E-state index >= 15 is 0 Å². The molecule has 0 aliphatic heterocycles. The molecule has 0 radical (unpaired) electrons. The van der Waals surface area contributed by atoms with E-state index in [2.05, 4.69) is 4.98 Å². The number of carbonyl (C=O) groups is 1. The quantitative estimate of drug-likeness (QED) is 0.687. The van der Waals surface area contributed by atoms with Crippen molar-refractivity contribution >= 4 is 17.1 Å². The zero-order valence-corrected chi connectivity index (χ0v) is 7.49. The molecule has 2 N–H and O–H groups in total. The number of hydrogen-bond acceptors (Lipinski definition) is 4. The second kappa shape index (κ2) is 2.95. The van der Waals surface area contributed by atoms with Crippen molar-refractivity contribution in [3.63, 3.8) is 0 Å². The summed E-state index contributed by atoms with van der Waals surface area (Å²) in [4.78, 5) is 16.7. The number of carbonyl (C=O) groups excluding carboxylic acids is 1. The van der Waals surface area contributed by atoms with Crippen LogP contribution in [0.25, 0.3) is 0 Å². The third-order valence-corrected chi connectivity index (χ3v) is 3.22. The van der Waals surface area contributed by atoms with Crippen LogP contribution in [0.3, 0.4) is 0 Å². The van der Waals surface area contributed by atoms with Crippen molar-refractivity contribution in [1.29, 1.82) is 0 Å². The van der Waals surface area contributed by atoms with Gasteiger partial charge in [0.2, 0.25) is 5.78 Å². The van der Waals surface area contributed by atoms with E-state index in [1.807, 2.05) is 0 Å². The molecule has 0 amide bonds. The van der Waals surface area contributed by atoms with Gasteiger partial charge in [-0.3, -0.25) is 4.79 Å². The van der Waals surface area contributed by atoms with Gasteiger partial charge in [-0.05, 0) is 19.3 Å². The molecule has 0 saturated carbocycles. The molecular weight excluding hydrogens is 172 g/mol. The van der Waals surface area contributed by atoms with E-state index in [9.17, 15) is 4.79 Å². The second-order valence-corrected chi connectivity index (χ2v) is 3.95. The van der Waals surface area contributed by atoms with Gasteiger partial charge in [0.25, 0.3) is 0 Å². The number of Topliss-reactive ketones (excluding diaryl/α,β-unsaturated/α-hetero) is 1. The Morgan fingerprint density at radius 3 is 3.08 bits per heavy atom. The molecule has 64 valence electrons. The SMILES string of the molecule is NCC(=O)c1nc2c(s1)CCC2. The first-order valence-electron chi connectivity index (χ1n) is 4.03. The summed E-state index contributed by atoms with van der Waals surface area (Å²) in [5.74, 6) is -0.0330. The standard InChI is InChI=1S/C8H10N2OS/c9-4-6(11)8-10-5-2-1-3-7(5)12-8/h1-4,9H2. The number of aryl methyl sites for hydroxylation is 2. The first-order chi connectivity index (χ1) is 5.81. The predicted octanol–water partition coefficient (Wildman–Crippen LogP) is 0.773. The van der Waals surface area contributed by atoms with Crippen molar-refractivity contribution in [2.45, 2.75) is 19.3 Å². The fourth-order valence-corrected chi connectivity index (χ4v) is 2.50. The molecule has 2 rings (SSSR count). The molecule has 1 aromatic heterocycles. The van der Waals surface area contributed by atoms with E-state index in [1.165, 1.54) is 22.6 Å². The van der Waals surface area contributed by atoms with E-state index in [0.717, 1.165) is 18.5 Å². The van der Waals surface area contributed by atoms with Crippen LogP contribution in [0.2, 0.25) is 0 Å². The molecule has 0 aromatic carbocycles. The predicted molar refractivity (Wildman–Crippen MR) is 47.5 cm³/mol. The summed E-state index contributed by atoms with van der Waals surface area (Å²) in [6.07, 6.45) is 3.31. The van der Waals surface area contributed by atoms with Crippen LogP contribution in [-0.4, -0.2) is 17.3 Å². The highest BCUT2D eigenvalue weighted by molar-refractivity contribution is 7.13. The lowest BCUT2D eigenvalue weighted by atomic mass is 10.3. The van der Waals surface area contributed by atoms with Crippen LogP contribution in [0, 0.1) is 0 Å². The first kappa shape index (κ1) is 7.89. The summed E-state index contributed by atoms with van der Waals surface area (Å²) >= 11 is 1.51. The molecule has 1 aliphatic carbocycles. The summed E-state index contributed by atoms with van der Waals surface area (Å²) in [7, 11) is 0. The number of nitrogens with zero attached hydrogens (tertiary/aromatic N) is 1. The van der Waals surface area contributed by atoms with Gasteiger partial charge in [-0.15, -0.1) is 11.3 Å². The molecule has 1 aromatic rings. The van der Waals surface area contributed by atoms with Gasteiger partial charge < -0.3 is 5.73 Å². The Bertz CT molecular complexity index is 297. The maximum atomic E-state index is 11.1. The summed E-state index contributed by atoms with van der Waals surface area (Å²) in [6, 6.07) is 0. The Labute approximate surface area is 74.6 Å². The van der Waals surface area contributed by atoms with Crippen LogP contribution in [0.5, 0.6) is 0 Å². The monoisotopic (exact) mass is 182 g/mol. The number of thiazole rings is 1. The highest BCUT2D eigenvalue weighted by Crippen LogP contribution is 2.27. The van der Waals surface area contributed by atoms with Crippen LogP contribution < -0.4 is 5.73 Å². The van der Waals surface area contributed by atoms with Crippen molar-refractivity contribution in [2.75, 3.05) is 6.54 Å². The molecule has 0 saturated heterocycles. The lowest BCUT2D eigenvalue weighted by Gasteiger charge is -1.89. The van der Waals surface area contributed by atoms with Crippen LogP contribution in [0.1, 0.15) is 26.8 Å². The first-order valence-corrected chi connectivity index (χ1v) is 4.84. The van der Waals surface area contributed by atoms with E-state index < -0.39 is 0 Å². The van der Waals surface area contributed by atoms with Crippen molar-refractivity contribution in [3.8, 4) is 0 Å². The average Bonchev–Trinajstić information content (AvgIpc) is 2.60. The maximum Gasteiger partial charge on any atom is 0.204 e. The molecular formula is C8H10N2OS. The fourth-order valence-electron chi connectivity index (χ4n) is 1.40. The summed E-state index contributed by atoms with van der Waals surface area (Å²) in [5, 5.41) is 0.599. The molecule has 0 fully saturated rings. The summed E-state index contributed by atoms with van der Waals surface area (Å²) in [6.45, 7) is 0.0758. The highest BCUT2D eigenvalue weighted by atomic mass is 32.1. The second-order valence-electron chi connectivity index (χ2n) is 2.87. The number of aromatic nitrogens is 1. The fraction of sp³-hybridized carbons (Fsp3) is 0.500. The topological polar surface area (TPSA) is 56.0 Å². The van der Waals surface area contributed by atoms with Gasteiger partial charge in [0.15, 0.2) is 5.01 Å². The van der Waals surface area contributed by atoms with E-state index in [4.69, 9.17) is 5.73 Å². The Hall–Kier alpha value is -0.740. The third-order valence-electron chi connectivity index (χ3n) is 2.02. The minimum Gasteiger partial charge on any atom is -0.324 e. The van der Waals surface area contributed by atoms with Gasteiger partial charge in [-0.1, -0.05) is 0 Å². The van der Waals surface area contributed by atoms with Gasteiger partial charge in [-0.2, -0.15) is 0 Å². The molecule has 4 heteroatoms. The molecule has 12 heavy (non-hydrogen) atoms. The van der Waals surface area contributed by atoms with E-state index in [1.54, 1.807) is 0 Å². The van der Waals surface area contributed by atoms with Crippen LogP contribution in [-0.2, 0) is 12.8 Å². The molecule has 1 heterocycles. The van der Waals surface area contributed by atoms with Crippen molar-refractivity contribution in [1.82, 2.24) is 4.98 Å². The largest absolute Gasteiger partial charge is 0.324 e. The zero-order chi connectivity index (χ0) is 8.55. The van der Waals surface area contributed by atoms with Crippen molar-refractivity contribution < 1.29 is 4.79 Å². The normalized spacial score (nSPS) is 14.8.